The normalized spacial score (nSPS) is 12.8. The molecule has 25 heavy (non-hydrogen) atoms. The van der Waals surface area contributed by atoms with Gasteiger partial charge in [-0.15, -0.1) is 0 Å². The summed E-state index contributed by atoms with van der Waals surface area (Å²) in [6.45, 7) is 1.39. The zero-order valence-electron chi connectivity index (χ0n) is 13.9. The number of pyridine rings is 1. The Hall–Kier alpha value is -3.02. The summed E-state index contributed by atoms with van der Waals surface area (Å²) in [6, 6.07) is 11.5. The number of Topliss-reactive ketones (excluding diaryl/α,β-unsaturated/α-hetero) is 1. The molecule has 0 bridgehead atoms. The van der Waals surface area contributed by atoms with E-state index in [0.29, 0.717) is 12.0 Å². The molecule has 1 amide bonds. The monoisotopic (exact) mass is 340 g/mol. The number of carbonyl (C=O) groups is 3. The van der Waals surface area contributed by atoms with Crippen molar-refractivity contribution < 1.29 is 19.5 Å². The third-order valence-corrected chi connectivity index (χ3v) is 3.86. The number of aromatic nitrogens is 1. The molecule has 2 aromatic rings. The number of amides is 1. The topological polar surface area (TPSA) is 96.4 Å². The Labute approximate surface area is 145 Å². The maximum Gasteiger partial charge on any atom is 0.325 e. The molecule has 0 saturated heterocycles. The lowest BCUT2D eigenvalue weighted by atomic mass is 9.91. The first-order valence-electron chi connectivity index (χ1n) is 7.97. The molecule has 0 radical (unpaired) electrons. The van der Waals surface area contributed by atoms with Crippen LogP contribution < -0.4 is 5.32 Å². The summed E-state index contributed by atoms with van der Waals surface area (Å²) in [5.41, 5.74) is 1.39. The first-order valence-corrected chi connectivity index (χ1v) is 7.97. The van der Waals surface area contributed by atoms with E-state index in [0.717, 1.165) is 5.56 Å². The van der Waals surface area contributed by atoms with Gasteiger partial charge in [0.1, 0.15) is 6.04 Å². The van der Waals surface area contributed by atoms with E-state index < -0.39 is 23.8 Å². The van der Waals surface area contributed by atoms with Gasteiger partial charge in [0.2, 0.25) is 5.91 Å². The molecule has 1 aromatic heterocycles. The second-order valence-electron chi connectivity index (χ2n) is 5.82. The van der Waals surface area contributed by atoms with E-state index in [1.807, 2.05) is 30.3 Å². The smallest absolute Gasteiger partial charge is 0.325 e. The maximum atomic E-state index is 12.5. The van der Waals surface area contributed by atoms with Crippen molar-refractivity contribution in [3.63, 3.8) is 0 Å². The van der Waals surface area contributed by atoms with Crippen LogP contribution in [-0.4, -0.2) is 33.8 Å². The number of hydrogen-bond donors (Lipinski definition) is 2. The van der Waals surface area contributed by atoms with Crippen LogP contribution in [0.5, 0.6) is 0 Å². The molecule has 1 heterocycles. The molecule has 6 heteroatoms. The van der Waals surface area contributed by atoms with Crippen molar-refractivity contribution in [2.75, 3.05) is 0 Å². The van der Waals surface area contributed by atoms with Crippen LogP contribution in [0.15, 0.2) is 54.9 Å². The minimum absolute atomic E-state index is 0.00290. The Morgan fingerprint density at radius 3 is 2.32 bits per heavy atom. The summed E-state index contributed by atoms with van der Waals surface area (Å²) < 4.78 is 0. The van der Waals surface area contributed by atoms with Crippen LogP contribution >= 0.6 is 0 Å². The summed E-state index contributed by atoms with van der Waals surface area (Å²) in [7, 11) is 0. The molecule has 0 aliphatic rings. The van der Waals surface area contributed by atoms with Crippen molar-refractivity contribution in [2.45, 2.75) is 25.8 Å². The highest BCUT2D eigenvalue weighted by Crippen LogP contribution is 2.16. The van der Waals surface area contributed by atoms with E-state index in [2.05, 4.69) is 10.3 Å². The van der Waals surface area contributed by atoms with Crippen LogP contribution in [0.4, 0.5) is 0 Å². The number of carbonyl (C=O) groups excluding carboxylic acids is 2. The van der Waals surface area contributed by atoms with Crippen LogP contribution in [0, 0.1) is 5.92 Å². The number of rotatable bonds is 8. The summed E-state index contributed by atoms with van der Waals surface area (Å²) >= 11 is 0. The van der Waals surface area contributed by atoms with Gasteiger partial charge in [-0.1, -0.05) is 30.3 Å². The van der Waals surface area contributed by atoms with Gasteiger partial charge < -0.3 is 10.4 Å². The molecule has 0 aliphatic heterocycles. The fourth-order valence-corrected chi connectivity index (χ4v) is 2.43. The predicted octanol–water partition coefficient (Wildman–Crippen LogP) is 2.10. The Bertz CT molecular complexity index is 732. The highest BCUT2D eigenvalue weighted by atomic mass is 16.4. The fraction of sp³-hybridized carbons (Fsp3) is 0.263. The van der Waals surface area contributed by atoms with Gasteiger partial charge >= 0.3 is 5.97 Å². The first kappa shape index (κ1) is 18.3. The van der Waals surface area contributed by atoms with Crippen LogP contribution in [0.2, 0.25) is 0 Å². The average molecular weight is 340 g/mol. The first-order chi connectivity index (χ1) is 12.0. The predicted molar refractivity (Wildman–Crippen MR) is 92.1 cm³/mol. The molecule has 1 aromatic carbocycles. The SMILES string of the molecule is C[C@H](NC(=O)[C@H](CC(=O)c1ccncc1)Cc1ccccc1)C(=O)O. The quantitative estimate of drug-likeness (QED) is 0.718. The highest BCUT2D eigenvalue weighted by molar-refractivity contribution is 5.98. The molecule has 0 saturated carbocycles. The second-order valence-corrected chi connectivity index (χ2v) is 5.82. The van der Waals surface area contributed by atoms with Crippen molar-refractivity contribution in [3.8, 4) is 0 Å². The zero-order valence-corrected chi connectivity index (χ0v) is 13.9. The van der Waals surface area contributed by atoms with Crippen molar-refractivity contribution in [1.29, 1.82) is 0 Å². The van der Waals surface area contributed by atoms with E-state index >= 15 is 0 Å². The molecule has 0 unspecified atom stereocenters. The molecule has 0 fully saturated rings. The number of ketones is 1. The maximum absolute atomic E-state index is 12.5. The van der Waals surface area contributed by atoms with Crippen LogP contribution in [-0.2, 0) is 16.0 Å². The van der Waals surface area contributed by atoms with Crippen molar-refractivity contribution in [2.24, 2.45) is 5.92 Å². The molecular weight excluding hydrogens is 320 g/mol. The van der Waals surface area contributed by atoms with Crippen molar-refractivity contribution in [3.05, 3.63) is 66.0 Å². The summed E-state index contributed by atoms with van der Waals surface area (Å²) in [5.74, 6) is -2.39. The van der Waals surface area contributed by atoms with Gasteiger partial charge in [-0.2, -0.15) is 0 Å². The van der Waals surface area contributed by atoms with E-state index in [9.17, 15) is 14.4 Å². The molecule has 130 valence electrons. The lowest BCUT2D eigenvalue weighted by molar-refractivity contribution is -0.141. The van der Waals surface area contributed by atoms with Gasteiger partial charge in [0.15, 0.2) is 5.78 Å². The molecule has 2 atom stereocenters. The van der Waals surface area contributed by atoms with Crippen LogP contribution in [0.1, 0.15) is 29.3 Å². The molecule has 0 spiro atoms. The summed E-state index contributed by atoms with van der Waals surface area (Å²) in [5, 5.41) is 11.4. The van der Waals surface area contributed by atoms with E-state index in [1.54, 1.807) is 12.1 Å². The van der Waals surface area contributed by atoms with Gasteiger partial charge in [-0.3, -0.25) is 19.4 Å². The third kappa shape index (κ3) is 5.53. The molecule has 2 rings (SSSR count). The number of aliphatic carboxylic acids is 1. The number of benzene rings is 1. The molecule has 6 nitrogen and oxygen atoms in total. The second kappa shape index (κ2) is 8.73. The van der Waals surface area contributed by atoms with Gasteiger partial charge in [0.25, 0.3) is 0 Å². The number of nitrogens with zero attached hydrogens (tertiary/aromatic N) is 1. The molecule has 0 aliphatic carbocycles. The lowest BCUT2D eigenvalue weighted by Crippen LogP contribution is -2.42. The Morgan fingerprint density at radius 1 is 1.08 bits per heavy atom. The Morgan fingerprint density at radius 2 is 1.72 bits per heavy atom. The Kier molecular flexibility index (Phi) is 6.39. The van der Waals surface area contributed by atoms with Gasteiger partial charge in [-0.25, -0.2) is 0 Å². The van der Waals surface area contributed by atoms with Gasteiger partial charge in [0.05, 0.1) is 0 Å². The summed E-state index contributed by atoms with van der Waals surface area (Å²) in [4.78, 5) is 39.8. The zero-order chi connectivity index (χ0) is 18.2. The largest absolute Gasteiger partial charge is 0.480 e. The van der Waals surface area contributed by atoms with Crippen LogP contribution in [0.3, 0.4) is 0 Å². The van der Waals surface area contributed by atoms with E-state index in [-0.39, 0.29) is 12.2 Å². The Balaban J connectivity index is 2.15. The fourth-order valence-electron chi connectivity index (χ4n) is 2.43. The number of carboxylic acid groups (broad SMARTS) is 1. The number of hydrogen-bond acceptors (Lipinski definition) is 4. The standard InChI is InChI=1S/C19H20N2O4/c1-13(19(24)25)21-18(23)16(11-14-5-3-2-4-6-14)12-17(22)15-7-9-20-10-8-15/h2-10,13,16H,11-12H2,1H3,(H,21,23)(H,24,25)/t13-,16-/m0/s1. The summed E-state index contributed by atoms with van der Waals surface area (Å²) in [6.07, 6.45) is 3.39. The van der Waals surface area contributed by atoms with Gasteiger partial charge in [0, 0.05) is 30.3 Å². The number of carboxylic acids is 1. The van der Waals surface area contributed by atoms with Gasteiger partial charge in [-0.05, 0) is 31.0 Å². The van der Waals surface area contributed by atoms with E-state index in [1.165, 1.54) is 19.3 Å². The average Bonchev–Trinajstić information content (AvgIpc) is 2.62. The van der Waals surface area contributed by atoms with Crippen molar-refractivity contribution in [1.82, 2.24) is 10.3 Å². The molecular formula is C19H20N2O4. The van der Waals surface area contributed by atoms with Crippen LogP contribution in [0.25, 0.3) is 0 Å². The third-order valence-electron chi connectivity index (χ3n) is 3.86. The number of nitrogens with one attached hydrogen (secondary N) is 1. The van der Waals surface area contributed by atoms with Crippen molar-refractivity contribution >= 4 is 17.7 Å². The minimum atomic E-state index is -1.12. The highest BCUT2D eigenvalue weighted by Gasteiger charge is 2.25. The van der Waals surface area contributed by atoms with E-state index in [4.69, 9.17) is 5.11 Å². The lowest BCUT2D eigenvalue weighted by Gasteiger charge is -2.18. The minimum Gasteiger partial charge on any atom is -0.480 e. The molecule has 2 N–H and O–H groups in total.